The molecule has 132 valence electrons. The number of hydrogen-bond acceptors (Lipinski definition) is 3. The van der Waals surface area contributed by atoms with Crippen LogP contribution in [0.2, 0.25) is 0 Å². The highest BCUT2D eigenvalue weighted by Crippen LogP contribution is 2.24. The molecule has 0 aliphatic rings. The Hall–Kier alpha value is -1.67. The van der Waals surface area contributed by atoms with Crippen LogP contribution in [0.1, 0.15) is 70.6 Å². The smallest absolute Gasteiger partial charge is 0.296 e. The summed E-state index contributed by atoms with van der Waals surface area (Å²) >= 11 is 1.76. The zero-order chi connectivity index (χ0) is 17.9. The zero-order valence-electron chi connectivity index (χ0n) is 15.2. The maximum absolute atomic E-state index is 12.2. The van der Waals surface area contributed by atoms with Crippen LogP contribution in [0, 0.1) is 11.8 Å². The van der Waals surface area contributed by atoms with Crippen LogP contribution >= 0.6 is 11.8 Å². The Kier molecular flexibility index (Phi) is 9.33. The Morgan fingerprint density at radius 1 is 1.21 bits per heavy atom. The summed E-state index contributed by atoms with van der Waals surface area (Å²) in [4.78, 5) is 27.7. The van der Waals surface area contributed by atoms with Gasteiger partial charge in [-0.25, -0.2) is 4.79 Å². The van der Waals surface area contributed by atoms with Gasteiger partial charge in [0, 0.05) is 13.5 Å². The highest BCUT2D eigenvalue weighted by atomic mass is 32.2. The lowest BCUT2D eigenvalue weighted by molar-refractivity contribution is 0.781. The lowest BCUT2D eigenvalue weighted by atomic mass is 10.1. The predicted octanol–water partition coefficient (Wildman–Crippen LogP) is 3.90. The fourth-order valence-corrected chi connectivity index (χ4v) is 3.07. The summed E-state index contributed by atoms with van der Waals surface area (Å²) in [6.07, 6.45) is 7.96. The molecule has 24 heavy (non-hydrogen) atoms. The number of thioether (sulfide) groups is 1. The van der Waals surface area contributed by atoms with Crippen molar-refractivity contribution in [2.24, 2.45) is 7.05 Å². The van der Waals surface area contributed by atoms with Crippen molar-refractivity contribution < 1.29 is 0 Å². The Morgan fingerprint density at radius 3 is 2.54 bits per heavy atom. The van der Waals surface area contributed by atoms with Gasteiger partial charge in [-0.05, 0) is 36.0 Å². The summed E-state index contributed by atoms with van der Waals surface area (Å²) in [7, 11) is 1.68. The van der Waals surface area contributed by atoms with Crippen LogP contribution in [0.25, 0.3) is 6.08 Å². The molecular formula is C19H28N2O2S. The van der Waals surface area contributed by atoms with Gasteiger partial charge in [0.05, 0.1) is 5.69 Å². The van der Waals surface area contributed by atoms with Crippen LogP contribution < -0.4 is 11.2 Å². The fraction of sp³-hybridized carbons (Fsp3) is 0.579. The third-order valence-electron chi connectivity index (χ3n) is 3.64. The van der Waals surface area contributed by atoms with E-state index in [0.29, 0.717) is 11.3 Å². The minimum Gasteiger partial charge on any atom is -0.296 e. The molecule has 1 aromatic rings. The lowest BCUT2D eigenvalue weighted by Crippen LogP contribution is -2.32. The topological polar surface area (TPSA) is 54.9 Å². The number of unbranched alkanes of at least 4 members (excludes halogenated alkanes) is 3. The SMILES string of the molecule is CCCCC#Cc1c(/C=C(\CCCC)SCC)n(C)c(=O)[nH]c1=O. The molecule has 0 aromatic carbocycles. The Bertz CT molecular complexity index is 732. The second-order valence-corrected chi connectivity index (χ2v) is 7.02. The van der Waals surface area contributed by atoms with Crippen molar-refractivity contribution in [3.8, 4) is 11.8 Å². The summed E-state index contributed by atoms with van der Waals surface area (Å²) in [6.45, 7) is 6.37. The van der Waals surface area contributed by atoms with Crippen molar-refractivity contribution in [1.82, 2.24) is 9.55 Å². The summed E-state index contributed by atoms with van der Waals surface area (Å²) < 4.78 is 1.48. The molecule has 0 amide bonds. The van der Waals surface area contributed by atoms with Crippen LogP contribution in [-0.4, -0.2) is 15.3 Å². The second-order valence-electron chi connectivity index (χ2n) is 5.63. The number of nitrogens with zero attached hydrogens (tertiary/aromatic N) is 1. The lowest BCUT2D eigenvalue weighted by Gasteiger charge is -2.09. The summed E-state index contributed by atoms with van der Waals surface area (Å²) in [6, 6.07) is 0. The molecule has 0 saturated carbocycles. The molecule has 0 unspecified atom stereocenters. The average Bonchev–Trinajstić information content (AvgIpc) is 2.56. The van der Waals surface area contributed by atoms with Gasteiger partial charge in [-0.15, -0.1) is 11.8 Å². The number of rotatable bonds is 8. The molecule has 4 nitrogen and oxygen atoms in total. The molecule has 0 atom stereocenters. The van der Waals surface area contributed by atoms with Crippen LogP contribution in [-0.2, 0) is 7.05 Å². The molecule has 0 spiro atoms. The van der Waals surface area contributed by atoms with E-state index in [0.717, 1.165) is 44.3 Å². The van der Waals surface area contributed by atoms with Gasteiger partial charge in [-0.3, -0.25) is 14.3 Å². The first-order valence-corrected chi connectivity index (χ1v) is 9.69. The largest absolute Gasteiger partial charge is 0.328 e. The van der Waals surface area contributed by atoms with Gasteiger partial charge < -0.3 is 0 Å². The van der Waals surface area contributed by atoms with E-state index in [1.807, 2.05) is 6.08 Å². The summed E-state index contributed by atoms with van der Waals surface area (Å²) in [5.74, 6) is 7.00. The van der Waals surface area contributed by atoms with Crippen molar-refractivity contribution in [2.75, 3.05) is 5.75 Å². The van der Waals surface area contributed by atoms with Crippen molar-refractivity contribution in [2.45, 2.75) is 59.3 Å². The first-order valence-electron chi connectivity index (χ1n) is 8.70. The van der Waals surface area contributed by atoms with Gasteiger partial charge in [-0.2, -0.15) is 0 Å². The molecule has 1 N–H and O–H groups in total. The normalized spacial score (nSPS) is 11.2. The first-order chi connectivity index (χ1) is 11.5. The Labute approximate surface area is 148 Å². The van der Waals surface area contributed by atoms with Crippen molar-refractivity contribution in [3.63, 3.8) is 0 Å². The molecule has 0 aliphatic heterocycles. The van der Waals surface area contributed by atoms with E-state index in [2.05, 4.69) is 37.6 Å². The zero-order valence-corrected chi connectivity index (χ0v) is 16.0. The van der Waals surface area contributed by atoms with Crippen LogP contribution in [0.3, 0.4) is 0 Å². The number of nitrogens with one attached hydrogen (secondary N) is 1. The van der Waals surface area contributed by atoms with Gasteiger partial charge in [0.25, 0.3) is 5.56 Å². The minimum atomic E-state index is -0.401. The third kappa shape index (κ3) is 6.09. The van der Waals surface area contributed by atoms with E-state index in [1.165, 1.54) is 9.47 Å². The average molecular weight is 349 g/mol. The summed E-state index contributed by atoms with van der Waals surface area (Å²) in [5, 5.41) is 0. The van der Waals surface area contributed by atoms with Crippen molar-refractivity contribution >= 4 is 17.8 Å². The van der Waals surface area contributed by atoms with Crippen molar-refractivity contribution in [1.29, 1.82) is 0 Å². The molecule has 0 bridgehead atoms. The fourth-order valence-electron chi connectivity index (χ4n) is 2.22. The van der Waals surface area contributed by atoms with Gasteiger partial charge in [0.2, 0.25) is 0 Å². The van der Waals surface area contributed by atoms with Gasteiger partial charge in [0.15, 0.2) is 0 Å². The number of hydrogen-bond donors (Lipinski definition) is 1. The van der Waals surface area contributed by atoms with Crippen molar-refractivity contribution in [3.05, 3.63) is 37.0 Å². The molecule has 0 aliphatic carbocycles. The van der Waals surface area contributed by atoms with E-state index in [4.69, 9.17) is 0 Å². The van der Waals surface area contributed by atoms with E-state index in [1.54, 1.807) is 18.8 Å². The number of aromatic amines is 1. The van der Waals surface area contributed by atoms with Gasteiger partial charge >= 0.3 is 5.69 Å². The van der Waals surface area contributed by atoms with Gasteiger partial charge in [0.1, 0.15) is 5.56 Å². The molecule has 1 heterocycles. The molecule has 0 radical (unpaired) electrons. The maximum atomic E-state index is 12.2. The molecule has 1 aromatic heterocycles. The minimum absolute atomic E-state index is 0.388. The molecule has 0 fully saturated rings. The van der Waals surface area contributed by atoms with E-state index < -0.39 is 11.2 Å². The highest BCUT2D eigenvalue weighted by Gasteiger charge is 2.10. The number of aromatic nitrogens is 2. The highest BCUT2D eigenvalue weighted by molar-refractivity contribution is 8.03. The standard InChI is InChI=1S/C19H28N2O2S/c1-5-8-10-11-13-16-17(21(4)19(23)20-18(16)22)14-15(24-7-3)12-9-6-2/h14H,5-10,12H2,1-4H3,(H,20,22,23)/b15-14+. The van der Waals surface area contributed by atoms with E-state index >= 15 is 0 Å². The molecule has 1 rings (SSSR count). The Balaban J connectivity index is 3.38. The molecule has 0 saturated heterocycles. The van der Waals surface area contributed by atoms with Gasteiger partial charge in [-0.1, -0.05) is 45.5 Å². The van der Waals surface area contributed by atoms with Crippen LogP contribution in [0.5, 0.6) is 0 Å². The van der Waals surface area contributed by atoms with Crippen LogP contribution in [0.4, 0.5) is 0 Å². The summed E-state index contributed by atoms with van der Waals surface area (Å²) in [5.41, 5.74) is 0.199. The first kappa shape index (κ1) is 20.4. The molecule has 5 heteroatoms. The van der Waals surface area contributed by atoms with E-state index in [-0.39, 0.29) is 0 Å². The maximum Gasteiger partial charge on any atom is 0.328 e. The number of allylic oxidation sites excluding steroid dienone is 1. The Morgan fingerprint density at radius 2 is 1.92 bits per heavy atom. The number of H-pyrrole nitrogens is 1. The van der Waals surface area contributed by atoms with E-state index in [9.17, 15) is 9.59 Å². The second kappa shape index (κ2) is 11.0. The quantitative estimate of drug-likeness (QED) is 0.572. The monoisotopic (exact) mass is 348 g/mol. The third-order valence-corrected chi connectivity index (χ3v) is 4.62. The van der Waals surface area contributed by atoms with Crippen LogP contribution in [0.15, 0.2) is 14.5 Å². The molecular weight excluding hydrogens is 320 g/mol. The predicted molar refractivity (Wildman–Crippen MR) is 104 cm³/mol.